The molecule has 7 nitrogen and oxygen atoms in total. The Morgan fingerprint density at radius 1 is 1.03 bits per heavy atom. The lowest BCUT2D eigenvalue weighted by atomic mass is 10.1. The van der Waals surface area contributed by atoms with Crippen molar-refractivity contribution in [2.75, 3.05) is 11.9 Å². The first-order valence-electron chi connectivity index (χ1n) is 9.09. The van der Waals surface area contributed by atoms with E-state index in [1.807, 2.05) is 43.3 Å². The molecule has 0 spiro atoms. The molecule has 1 heterocycles. The van der Waals surface area contributed by atoms with Crippen LogP contribution in [0.2, 0.25) is 0 Å². The average molecular weight is 390 g/mol. The van der Waals surface area contributed by atoms with Gasteiger partial charge < -0.3 is 15.0 Å². The van der Waals surface area contributed by atoms with Crippen molar-refractivity contribution in [3.8, 4) is 5.75 Å². The third kappa shape index (κ3) is 5.55. The zero-order valence-electron chi connectivity index (χ0n) is 16.2. The topological polar surface area (TPSA) is 95.6 Å². The Hall–Kier alpha value is -3.87. The lowest BCUT2D eigenvalue weighted by molar-refractivity contribution is -0.118. The van der Waals surface area contributed by atoms with Gasteiger partial charge in [-0.15, -0.1) is 0 Å². The molecule has 0 fully saturated rings. The van der Waals surface area contributed by atoms with E-state index in [9.17, 15) is 9.59 Å². The van der Waals surface area contributed by atoms with E-state index in [0.29, 0.717) is 17.2 Å². The molecule has 3 rings (SSSR count). The summed E-state index contributed by atoms with van der Waals surface area (Å²) in [5.74, 6) is 0.0269. The summed E-state index contributed by atoms with van der Waals surface area (Å²) in [5, 5.41) is 6.92. The maximum Gasteiger partial charge on any atom is 0.287 e. The molecule has 0 bridgehead atoms. The van der Waals surface area contributed by atoms with Gasteiger partial charge in [0.2, 0.25) is 0 Å². The largest absolute Gasteiger partial charge is 0.484 e. The molecule has 0 aliphatic carbocycles. The van der Waals surface area contributed by atoms with Crippen LogP contribution in [0, 0.1) is 6.92 Å². The van der Waals surface area contributed by atoms with Crippen LogP contribution < -0.4 is 15.5 Å². The summed E-state index contributed by atoms with van der Waals surface area (Å²) in [7, 11) is 0. The number of aromatic amines is 1. The second kappa shape index (κ2) is 9.36. The Morgan fingerprint density at radius 3 is 2.48 bits per heavy atom. The van der Waals surface area contributed by atoms with Crippen molar-refractivity contribution in [3.63, 3.8) is 0 Å². The molecule has 2 amide bonds. The van der Waals surface area contributed by atoms with E-state index in [2.05, 4.69) is 20.8 Å². The summed E-state index contributed by atoms with van der Waals surface area (Å²) in [4.78, 5) is 26.8. The summed E-state index contributed by atoms with van der Waals surface area (Å²) in [6, 6.07) is 18.1. The van der Waals surface area contributed by atoms with Crippen molar-refractivity contribution < 1.29 is 14.3 Å². The quantitative estimate of drug-likeness (QED) is 0.426. The molecule has 0 aliphatic rings. The normalized spacial score (nSPS) is 11.0. The Kier molecular flexibility index (Phi) is 6.42. The van der Waals surface area contributed by atoms with Gasteiger partial charge in [-0.1, -0.05) is 18.2 Å². The lowest BCUT2D eigenvalue weighted by Crippen LogP contribution is -2.20. The molecule has 0 saturated carbocycles. The fraction of sp³-hybridized carbons (Fsp3) is 0.136. The minimum absolute atomic E-state index is 0.0903. The van der Waals surface area contributed by atoms with Crippen LogP contribution in [0.5, 0.6) is 5.75 Å². The Balaban J connectivity index is 1.51. The van der Waals surface area contributed by atoms with Crippen LogP contribution in [0.3, 0.4) is 0 Å². The molecule has 29 heavy (non-hydrogen) atoms. The molecule has 3 N–H and O–H groups in total. The molecular formula is C22H22N4O3. The van der Waals surface area contributed by atoms with Crippen LogP contribution >= 0.6 is 0 Å². The zero-order chi connectivity index (χ0) is 20.6. The van der Waals surface area contributed by atoms with E-state index in [1.165, 1.54) is 0 Å². The predicted molar refractivity (Wildman–Crippen MR) is 112 cm³/mol. The maximum atomic E-state index is 12.1. The molecule has 0 saturated heterocycles. The van der Waals surface area contributed by atoms with Crippen LogP contribution in [0.25, 0.3) is 0 Å². The van der Waals surface area contributed by atoms with Crippen molar-refractivity contribution >= 4 is 23.2 Å². The van der Waals surface area contributed by atoms with Gasteiger partial charge in [0.1, 0.15) is 11.4 Å². The highest BCUT2D eigenvalue weighted by molar-refractivity contribution is 6.00. The number of ether oxygens (including phenoxy) is 1. The first-order valence-corrected chi connectivity index (χ1v) is 9.09. The van der Waals surface area contributed by atoms with E-state index < -0.39 is 0 Å². The number of aromatic nitrogens is 1. The third-order valence-corrected chi connectivity index (χ3v) is 4.23. The summed E-state index contributed by atoms with van der Waals surface area (Å²) in [6.07, 6.45) is 1.67. The molecule has 0 unspecified atom stereocenters. The summed E-state index contributed by atoms with van der Waals surface area (Å²) in [5.41, 5.74) is 6.17. The van der Waals surface area contributed by atoms with Gasteiger partial charge in [0.15, 0.2) is 6.61 Å². The van der Waals surface area contributed by atoms with Gasteiger partial charge in [0.25, 0.3) is 11.8 Å². The summed E-state index contributed by atoms with van der Waals surface area (Å²) < 4.78 is 5.54. The van der Waals surface area contributed by atoms with Crippen molar-refractivity contribution in [1.82, 2.24) is 10.4 Å². The van der Waals surface area contributed by atoms with E-state index in [4.69, 9.17) is 4.74 Å². The van der Waals surface area contributed by atoms with Gasteiger partial charge in [-0.2, -0.15) is 5.10 Å². The highest BCUT2D eigenvalue weighted by atomic mass is 16.5. The van der Waals surface area contributed by atoms with Gasteiger partial charge in [-0.25, -0.2) is 5.43 Å². The van der Waals surface area contributed by atoms with Gasteiger partial charge in [-0.05, 0) is 67.4 Å². The van der Waals surface area contributed by atoms with Crippen molar-refractivity contribution in [2.45, 2.75) is 13.8 Å². The zero-order valence-corrected chi connectivity index (χ0v) is 16.2. The van der Waals surface area contributed by atoms with Gasteiger partial charge >= 0.3 is 0 Å². The number of hydrogen-bond acceptors (Lipinski definition) is 4. The number of carbonyl (C=O) groups excluding carboxylic acids is 2. The summed E-state index contributed by atoms with van der Waals surface area (Å²) in [6.45, 7) is 3.63. The van der Waals surface area contributed by atoms with Crippen molar-refractivity contribution in [3.05, 3.63) is 83.7 Å². The number of H-pyrrole nitrogens is 1. The molecule has 0 atom stereocenters. The minimum atomic E-state index is -0.311. The number of hydrogen-bond donors (Lipinski definition) is 3. The number of para-hydroxylation sites is 1. The molecule has 3 aromatic rings. The molecule has 0 radical (unpaired) electrons. The van der Waals surface area contributed by atoms with Gasteiger partial charge in [0, 0.05) is 11.9 Å². The monoisotopic (exact) mass is 390 g/mol. The van der Waals surface area contributed by atoms with Crippen LogP contribution in [0.15, 0.2) is 72.0 Å². The molecule has 0 aliphatic heterocycles. The van der Waals surface area contributed by atoms with E-state index in [-0.39, 0.29) is 18.4 Å². The standard InChI is InChI=1S/C22H22N4O3/c1-15-6-3-4-7-19(15)24-21(27)14-29-18-11-9-17(10-12-18)16(2)25-26-22(28)20-8-5-13-23-20/h3-13,23H,14H2,1-2H3,(H,24,27)(H,26,28)/b25-16-. The number of benzene rings is 2. The van der Waals surface area contributed by atoms with E-state index in [1.54, 1.807) is 37.4 Å². The fourth-order valence-electron chi connectivity index (χ4n) is 2.57. The number of nitrogens with zero attached hydrogens (tertiary/aromatic N) is 1. The fourth-order valence-corrected chi connectivity index (χ4v) is 2.57. The first kappa shape index (κ1) is 19.9. The van der Waals surface area contributed by atoms with Crippen molar-refractivity contribution in [1.29, 1.82) is 0 Å². The SMILES string of the molecule is C/C(=N/NC(=O)c1ccc[nH]1)c1ccc(OCC(=O)Nc2ccccc2C)cc1. The smallest absolute Gasteiger partial charge is 0.287 e. The third-order valence-electron chi connectivity index (χ3n) is 4.23. The summed E-state index contributed by atoms with van der Waals surface area (Å²) >= 11 is 0. The van der Waals surface area contributed by atoms with E-state index in [0.717, 1.165) is 16.8 Å². The Labute approximate surface area is 168 Å². The van der Waals surface area contributed by atoms with Crippen LogP contribution in [0.1, 0.15) is 28.5 Å². The second-order valence-corrected chi connectivity index (χ2v) is 6.40. The highest BCUT2D eigenvalue weighted by Crippen LogP contribution is 2.15. The number of amides is 2. The number of rotatable bonds is 7. The maximum absolute atomic E-state index is 12.1. The highest BCUT2D eigenvalue weighted by Gasteiger charge is 2.07. The Bertz CT molecular complexity index is 1010. The number of carbonyl (C=O) groups is 2. The second-order valence-electron chi connectivity index (χ2n) is 6.40. The Morgan fingerprint density at radius 2 is 1.79 bits per heavy atom. The lowest BCUT2D eigenvalue weighted by Gasteiger charge is -2.10. The van der Waals surface area contributed by atoms with Crippen LogP contribution in [-0.4, -0.2) is 29.1 Å². The minimum Gasteiger partial charge on any atom is -0.484 e. The first-order chi connectivity index (χ1) is 14.0. The molecule has 1 aromatic heterocycles. The molecule has 148 valence electrons. The number of anilines is 1. The molecular weight excluding hydrogens is 368 g/mol. The van der Waals surface area contributed by atoms with Crippen LogP contribution in [-0.2, 0) is 4.79 Å². The number of aryl methyl sites for hydroxylation is 1. The van der Waals surface area contributed by atoms with Crippen molar-refractivity contribution in [2.24, 2.45) is 5.10 Å². The van der Waals surface area contributed by atoms with Crippen LogP contribution in [0.4, 0.5) is 5.69 Å². The molecule has 7 heteroatoms. The predicted octanol–water partition coefficient (Wildman–Crippen LogP) is 3.49. The van der Waals surface area contributed by atoms with Gasteiger partial charge in [-0.3, -0.25) is 9.59 Å². The van der Waals surface area contributed by atoms with Gasteiger partial charge in [0.05, 0.1) is 5.71 Å². The average Bonchev–Trinajstić information content (AvgIpc) is 3.27. The number of hydrazone groups is 1. The molecule has 2 aromatic carbocycles. The van der Waals surface area contributed by atoms with E-state index >= 15 is 0 Å². The number of nitrogens with one attached hydrogen (secondary N) is 3.